The maximum absolute atomic E-state index is 9.82. The number of hydrogen-bond acceptors (Lipinski definition) is 5. The number of aliphatic hydroxyl groups excluding tert-OH is 1. The predicted octanol–water partition coefficient (Wildman–Crippen LogP) is 2.09. The summed E-state index contributed by atoms with van der Waals surface area (Å²) in [5, 5.41) is 17.1. The van der Waals surface area contributed by atoms with E-state index in [-0.39, 0.29) is 6.61 Å². The van der Waals surface area contributed by atoms with Crippen LogP contribution in [0.15, 0.2) is 42.7 Å². The third-order valence-corrected chi connectivity index (χ3v) is 3.39. The second-order valence-corrected chi connectivity index (χ2v) is 5.97. The van der Waals surface area contributed by atoms with Gasteiger partial charge < -0.3 is 19.9 Å². The summed E-state index contributed by atoms with van der Waals surface area (Å²) in [6.07, 6.45) is 4.09. The molecule has 0 amide bonds. The van der Waals surface area contributed by atoms with Crippen LogP contribution in [0.3, 0.4) is 0 Å². The maximum Gasteiger partial charge on any atom is 0.119 e. The van der Waals surface area contributed by atoms with Crippen LogP contribution in [0.1, 0.15) is 20.3 Å². The van der Waals surface area contributed by atoms with Crippen molar-refractivity contribution in [1.29, 1.82) is 0 Å². The van der Waals surface area contributed by atoms with Crippen LogP contribution < -0.4 is 14.8 Å². The smallest absolute Gasteiger partial charge is 0.119 e. The molecule has 0 aliphatic rings. The van der Waals surface area contributed by atoms with Gasteiger partial charge in [0.15, 0.2) is 0 Å². The van der Waals surface area contributed by atoms with Gasteiger partial charge in [-0.05, 0) is 30.3 Å². The van der Waals surface area contributed by atoms with Crippen LogP contribution in [0.4, 0.5) is 0 Å². The summed E-state index contributed by atoms with van der Waals surface area (Å²) in [6.45, 7) is 6.36. The highest BCUT2D eigenvalue weighted by molar-refractivity contribution is 5.31. The van der Waals surface area contributed by atoms with Gasteiger partial charge in [0.1, 0.15) is 24.2 Å². The predicted molar refractivity (Wildman–Crippen MR) is 93.4 cm³/mol. The number of benzene rings is 1. The zero-order valence-electron chi connectivity index (χ0n) is 14.4. The van der Waals surface area contributed by atoms with Crippen LogP contribution in [-0.2, 0) is 6.54 Å². The summed E-state index contributed by atoms with van der Waals surface area (Å²) < 4.78 is 13.2. The molecule has 0 aliphatic heterocycles. The lowest BCUT2D eigenvalue weighted by atomic mass is 10.3. The van der Waals surface area contributed by atoms with Crippen molar-refractivity contribution in [3.05, 3.63) is 42.7 Å². The van der Waals surface area contributed by atoms with Gasteiger partial charge in [-0.1, -0.05) is 13.8 Å². The van der Waals surface area contributed by atoms with Crippen LogP contribution in [-0.4, -0.2) is 46.8 Å². The quantitative estimate of drug-likeness (QED) is 0.616. The molecule has 0 saturated heterocycles. The first kappa shape index (κ1) is 18.3. The van der Waals surface area contributed by atoms with Gasteiger partial charge in [0.05, 0.1) is 6.61 Å². The summed E-state index contributed by atoms with van der Waals surface area (Å²) in [5.41, 5.74) is 0. The van der Waals surface area contributed by atoms with Crippen molar-refractivity contribution in [2.75, 3.05) is 19.8 Å². The highest BCUT2D eigenvalue weighted by atomic mass is 16.5. The number of nitrogens with one attached hydrogen (secondary N) is 1. The average Bonchev–Trinajstić information content (AvgIpc) is 3.09. The lowest BCUT2D eigenvalue weighted by molar-refractivity contribution is 0.104. The van der Waals surface area contributed by atoms with Gasteiger partial charge in [-0.2, -0.15) is 5.10 Å². The number of hydrogen-bond donors (Lipinski definition) is 2. The molecule has 0 saturated carbocycles. The van der Waals surface area contributed by atoms with Gasteiger partial charge in [0.25, 0.3) is 0 Å². The summed E-state index contributed by atoms with van der Waals surface area (Å²) >= 11 is 0. The number of aromatic nitrogens is 2. The van der Waals surface area contributed by atoms with E-state index in [0.717, 1.165) is 24.5 Å². The number of rotatable bonds is 11. The van der Waals surface area contributed by atoms with Gasteiger partial charge in [-0.25, -0.2) is 0 Å². The maximum atomic E-state index is 9.82. The molecule has 0 aliphatic carbocycles. The molecule has 0 bridgehead atoms. The second kappa shape index (κ2) is 9.95. The zero-order valence-corrected chi connectivity index (χ0v) is 14.4. The van der Waals surface area contributed by atoms with Crippen molar-refractivity contribution in [3.63, 3.8) is 0 Å². The van der Waals surface area contributed by atoms with Crippen LogP contribution in [0.5, 0.6) is 11.5 Å². The Bertz CT molecular complexity index is 555. The Morgan fingerprint density at radius 3 is 2.50 bits per heavy atom. The van der Waals surface area contributed by atoms with Crippen molar-refractivity contribution in [1.82, 2.24) is 15.1 Å². The van der Waals surface area contributed by atoms with Crippen LogP contribution in [0.25, 0.3) is 0 Å². The van der Waals surface area contributed by atoms with Crippen LogP contribution >= 0.6 is 0 Å². The Morgan fingerprint density at radius 1 is 1.17 bits per heavy atom. The molecule has 132 valence electrons. The first-order valence-corrected chi connectivity index (χ1v) is 8.38. The van der Waals surface area contributed by atoms with Gasteiger partial charge in [-0.15, -0.1) is 0 Å². The van der Waals surface area contributed by atoms with Crippen LogP contribution in [0.2, 0.25) is 0 Å². The Morgan fingerprint density at radius 2 is 1.88 bits per heavy atom. The second-order valence-electron chi connectivity index (χ2n) is 5.97. The number of aryl methyl sites for hydroxylation is 1. The van der Waals surface area contributed by atoms with Gasteiger partial charge >= 0.3 is 0 Å². The highest BCUT2D eigenvalue weighted by Crippen LogP contribution is 2.18. The van der Waals surface area contributed by atoms with E-state index in [1.54, 1.807) is 6.20 Å². The lowest BCUT2D eigenvalue weighted by Crippen LogP contribution is -2.35. The molecule has 1 atom stereocenters. The van der Waals surface area contributed by atoms with E-state index in [0.29, 0.717) is 19.2 Å². The molecule has 6 nitrogen and oxygen atoms in total. The van der Waals surface area contributed by atoms with Crippen molar-refractivity contribution in [2.24, 2.45) is 0 Å². The summed E-state index contributed by atoms with van der Waals surface area (Å²) in [6, 6.07) is 9.72. The van der Waals surface area contributed by atoms with E-state index < -0.39 is 6.10 Å². The average molecular weight is 333 g/mol. The topological polar surface area (TPSA) is 68.5 Å². The zero-order chi connectivity index (χ0) is 17.2. The van der Waals surface area contributed by atoms with Gasteiger partial charge in [0, 0.05) is 37.9 Å². The summed E-state index contributed by atoms with van der Waals surface area (Å²) in [4.78, 5) is 0. The minimum Gasteiger partial charge on any atom is -0.494 e. The molecule has 2 N–H and O–H groups in total. The lowest BCUT2D eigenvalue weighted by Gasteiger charge is -2.15. The highest BCUT2D eigenvalue weighted by Gasteiger charge is 2.06. The Hall–Kier alpha value is -2.05. The Kier molecular flexibility index (Phi) is 7.58. The van der Waals surface area contributed by atoms with E-state index in [1.807, 2.05) is 55.1 Å². The molecule has 0 radical (unpaired) electrons. The van der Waals surface area contributed by atoms with Gasteiger partial charge in [-0.3, -0.25) is 4.68 Å². The first-order chi connectivity index (χ1) is 11.6. The molecule has 1 aromatic carbocycles. The minimum atomic E-state index is -0.523. The largest absolute Gasteiger partial charge is 0.494 e. The minimum absolute atomic E-state index is 0.268. The summed E-state index contributed by atoms with van der Waals surface area (Å²) in [5.74, 6) is 1.53. The molecule has 0 fully saturated rings. The van der Waals surface area contributed by atoms with Gasteiger partial charge in [0.2, 0.25) is 0 Å². The number of aliphatic hydroxyl groups is 1. The molecule has 1 unspecified atom stereocenters. The summed E-state index contributed by atoms with van der Waals surface area (Å²) in [7, 11) is 0. The molecule has 1 aromatic heterocycles. The van der Waals surface area contributed by atoms with Crippen molar-refractivity contribution >= 4 is 0 Å². The SMILES string of the molecule is CC(C)NCC(O)COc1ccc(OCCCn2cccn2)cc1. The monoisotopic (exact) mass is 333 g/mol. The van der Waals surface area contributed by atoms with Crippen molar-refractivity contribution in [2.45, 2.75) is 39.0 Å². The molecule has 6 heteroatoms. The Balaban J connectivity index is 1.63. The molecule has 2 aromatic rings. The normalized spacial score (nSPS) is 12.3. The van der Waals surface area contributed by atoms with E-state index in [4.69, 9.17) is 9.47 Å². The standard InChI is InChI=1S/C18H27N3O3/c1-15(2)19-13-16(22)14-24-18-7-5-17(6-8-18)23-12-4-11-21-10-3-9-20-21/h3,5-10,15-16,19,22H,4,11-14H2,1-2H3. The van der Waals surface area contributed by atoms with E-state index in [9.17, 15) is 5.11 Å². The van der Waals surface area contributed by atoms with E-state index in [1.165, 1.54) is 0 Å². The third kappa shape index (κ3) is 7.02. The first-order valence-electron chi connectivity index (χ1n) is 8.38. The van der Waals surface area contributed by atoms with E-state index in [2.05, 4.69) is 10.4 Å². The molecule has 1 heterocycles. The molecule has 0 spiro atoms. The van der Waals surface area contributed by atoms with Crippen molar-refractivity contribution in [3.8, 4) is 11.5 Å². The fraction of sp³-hybridized carbons (Fsp3) is 0.500. The number of nitrogens with zero attached hydrogens (tertiary/aromatic N) is 2. The molecule has 24 heavy (non-hydrogen) atoms. The van der Waals surface area contributed by atoms with E-state index >= 15 is 0 Å². The third-order valence-electron chi connectivity index (χ3n) is 3.39. The number of ether oxygens (including phenoxy) is 2. The van der Waals surface area contributed by atoms with Crippen LogP contribution in [0, 0.1) is 0 Å². The molecular weight excluding hydrogens is 306 g/mol. The fourth-order valence-electron chi connectivity index (χ4n) is 2.10. The molecule has 2 rings (SSSR count). The Labute approximate surface area is 143 Å². The molecular formula is C18H27N3O3. The van der Waals surface area contributed by atoms with Crippen molar-refractivity contribution < 1.29 is 14.6 Å². The fourth-order valence-corrected chi connectivity index (χ4v) is 2.10.